The summed E-state index contributed by atoms with van der Waals surface area (Å²) in [6.45, 7) is 0.206. The number of aliphatic carboxylic acids is 1. The number of hydrogen-bond donors (Lipinski definition) is 2. The molecule has 1 aliphatic heterocycles. The van der Waals surface area contributed by atoms with Gasteiger partial charge >= 0.3 is 5.97 Å². The van der Waals surface area contributed by atoms with Crippen LogP contribution in [0.4, 0.5) is 5.69 Å². The van der Waals surface area contributed by atoms with Crippen LogP contribution in [0, 0.1) is 5.92 Å². The standard InChI is InChI=1S/C13H15NO4/c15-6-5-9-3-1-2-4-11(9)14-8-10(13(17)18)7-12(14)16/h1-4,10,15H,5-8H2,(H,17,18)/t10-/m0/s1. The number of carboxylic acid groups (broad SMARTS) is 1. The Morgan fingerprint density at radius 3 is 2.72 bits per heavy atom. The third-order valence-corrected chi connectivity index (χ3v) is 3.14. The number of nitrogens with zero attached hydrogens (tertiary/aromatic N) is 1. The van der Waals surface area contributed by atoms with Crippen molar-refractivity contribution in [3.05, 3.63) is 29.8 Å². The van der Waals surface area contributed by atoms with E-state index in [0.29, 0.717) is 12.1 Å². The molecule has 1 saturated heterocycles. The zero-order chi connectivity index (χ0) is 13.1. The van der Waals surface area contributed by atoms with E-state index >= 15 is 0 Å². The van der Waals surface area contributed by atoms with Crippen LogP contribution in [0.1, 0.15) is 12.0 Å². The van der Waals surface area contributed by atoms with Crippen molar-refractivity contribution in [1.29, 1.82) is 0 Å². The summed E-state index contributed by atoms with van der Waals surface area (Å²) < 4.78 is 0. The van der Waals surface area contributed by atoms with Crippen LogP contribution >= 0.6 is 0 Å². The molecule has 2 N–H and O–H groups in total. The van der Waals surface area contributed by atoms with Crippen LogP contribution in [-0.4, -0.2) is 35.2 Å². The van der Waals surface area contributed by atoms with Gasteiger partial charge < -0.3 is 15.1 Å². The lowest BCUT2D eigenvalue weighted by Gasteiger charge is -2.19. The summed E-state index contributed by atoms with van der Waals surface area (Å²) in [6.07, 6.45) is 0.500. The monoisotopic (exact) mass is 249 g/mol. The van der Waals surface area contributed by atoms with Crippen LogP contribution in [0.15, 0.2) is 24.3 Å². The van der Waals surface area contributed by atoms with Gasteiger partial charge in [0.15, 0.2) is 0 Å². The van der Waals surface area contributed by atoms with Crippen LogP contribution in [0.2, 0.25) is 0 Å². The van der Waals surface area contributed by atoms with Crippen molar-refractivity contribution in [2.24, 2.45) is 5.92 Å². The Morgan fingerprint density at radius 2 is 2.11 bits per heavy atom. The van der Waals surface area contributed by atoms with E-state index < -0.39 is 11.9 Å². The molecule has 0 aliphatic carbocycles. The summed E-state index contributed by atoms with van der Waals surface area (Å²) in [5, 5.41) is 17.9. The predicted molar refractivity (Wildman–Crippen MR) is 65.3 cm³/mol. The number of carbonyl (C=O) groups is 2. The third-order valence-electron chi connectivity index (χ3n) is 3.14. The molecule has 2 rings (SSSR count). The maximum absolute atomic E-state index is 11.8. The fourth-order valence-electron chi connectivity index (χ4n) is 2.21. The average molecular weight is 249 g/mol. The minimum atomic E-state index is -0.939. The minimum absolute atomic E-state index is 0.00139. The molecular weight excluding hydrogens is 234 g/mol. The van der Waals surface area contributed by atoms with Crippen molar-refractivity contribution in [3.63, 3.8) is 0 Å². The number of carbonyl (C=O) groups excluding carboxylic acids is 1. The highest BCUT2D eigenvalue weighted by Crippen LogP contribution is 2.28. The van der Waals surface area contributed by atoms with Crippen LogP contribution < -0.4 is 4.90 Å². The van der Waals surface area contributed by atoms with E-state index in [2.05, 4.69) is 0 Å². The summed E-state index contributed by atoms with van der Waals surface area (Å²) >= 11 is 0. The second-order valence-electron chi connectivity index (χ2n) is 4.35. The summed E-state index contributed by atoms with van der Waals surface area (Å²) in [5.41, 5.74) is 1.57. The highest BCUT2D eigenvalue weighted by atomic mass is 16.4. The summed E-state index contributed by atoms with van der Waals surface area (Å²) in [4.78, 5) is 24.3. The van der Waals surface area contributed by atoms with E-state index in [-0.39, 0.29) is 25.5 Å². The second kappa shape index (κ2) is 5.18. The van der Waals surface area contributed by atoms with Crippen molar-refractivity contribution < 1.29 is 19.8 Å². The van der Waals surface area contributed by atoms with E-state index in [0.717, 1.165) is 5.56 Å². The van der Waals surface area contributed by atoms with Gasteiger partial charge in [-0.25, -0.2) is 0 Å². The molecule has 0 bridgehead atoms. The molecule has 96 valence electrons. The third kappa shape index (κ3) is 2.36. The number of amides is 1. The first kappa shape index (κ1) is 12.6. The minimum Gasteiger partial charge on any atom is -0.481 e. The Balaban J connectivity index is 2.26. The molecule has 5 heteroatoms. The Labute approximate surface area is 105 Å². The van der Waals surface area contributed by atoms with Gasteiger partial charge in [-0.3, -0.25) is 9.59 Å². The molecule has 0 unspecified atom stereocenters. The lowest BCUT2D eigenvalue weighted by atomic mass is 10.1. The Morgan fingerprint density at radius 1 is 1.39 bits per heavy atom. The van der Waals surface area contributed by atoms with Gasteiger partial charge in [0.2, 0.25) is 5.91 Å². The second-order valence-corrected chi connectivity index (χ2v) is 4.35. The zero-order valence-electron chi connectivity index (χ0n) is 9.87. The molecule has 1 heterocycles. The first-order valence-electron chi connectivity index (χ1n) is 5.85. The van der Waals surface area contributed by atoms with Crippen molar-refractivity contribution >= 4 is 17.6 Å². The van der Waals surface area contributed by atoms with E-state index in [4.69, 9.17) is 10.2 Å². The number of para-hydroxylation sites is 1. The van der Waals surface area contributed by atoms with Gasteiger partial charge in [-0.15, -0.1) is 0 Å². The van der Waals surface area contributed by atoms with Crippen molar-refractivity contribution in [3.8, 4) is 0 Å². The van der Waals surface area contributed by atoms with Crippen LogP contribution in [0.25, 0.3) is 0 Å². The lowest BCUT2D eigenvalue weighted by Crippen LogP contribution is -2.26. The van der Waals surface area contributed by atoms with Crippen molar-refractivity contribution in [2.75, 3.05) is 18.1 Å². The normalized spacial score (nSPS) is 19.3. The topological polar surface area (TPSA) is 77.8 Å². The van der Waals surface area contributed by atoms with Gasteiger partial charge in [-0.1, -0.05) is 18.2 Å². The van der Waals surface area contributed by atoms with Crippen molar-refractivity contribution in [2.45, 2.75) is 12.8 Å². The molecule has 1 atom stereocenters. The molecule has 0 radical (unpaired) electrons. The molecule has 1 amide bonds. The zero-order valence-corrected chi connectivity index (χ0v) is 9.87. The number of carboxylic acids is 1. The molecular formula is C13H15NO4. The van der Waals surface area contributed by atoms with Gasteiger partial charge in [0, 0.05) is 25.3 Å². The molecule has 1 fully saturated rings. The predicted octanol–water partition coefficient (Wildman–Crippen LogP) is 0.659. The van der Waals surface area contributed by atoms with Crippen molar-refractivity contribution in [1.82, 2.24) is 0 Å². The fourth-order valence-corrected chi connectivity index (χ4v) is 2.21. The van der Waals surface area contributed by atoms with Crippen LogP contribution in [0.5, 0.6) is 0 Å². The molecule has 0 spiro atoms. The molecule has 18 heavy (non-hydrogen) atoms. The van der Waals surface area contributed by atoms with Gasteiger partial charge in [-0.05, 0) is 18.1 Å². The van der Waals surface area contributed by atoms with Gasteiger partial charge in [0.1, 0.15) is 0 Å². The maximum Gasteiger partial charge on any atom is 0.308 e. The number of anilines is 1. The lowest BCUT2D eigenvalue weighted by molar-refractivity contribution is -0.141. The van der Waals surface area contributed by atoms with Gasteiger partial charge in [-0.2, -0.15) is 0 Å². The quantitative estimate of drug-likeness (QED) is 0.821. The Hall–Kier alpha value is -1.88. The number of aliphatic hydroxyl groups excluding tert-OH is 1. The molecule has 5 nitrogen and oxygen atoms in total. The van der Waals surface area contributed by atoms with E-state index in [1.165, 1.54) is 4.90 Å². The molecule has 0 aromatic heterocycles. The first-order chi connectivity index (χ1) is 8.63. The fraction of sp³-hybridized carbons (Fsp3) is 0.385. The summed E-state index contributed by atoms with van der Waals surface area (Å²) in [6, 6.07) is 7.27. The Kier molecular flexibility index (Phi) is 3.62. The van der Waals surface area contributed by atoms with Crippen LogP contribution in [-0.2, 0) is 16.0 Å². The Bertz CT molecular complexity index is 472. The molecule has 0 saturated carbocycles. The highest BCUT2D eigenvalue weighted by molar-refractivity contribution is 5.99. The van der Waals surface area contributed by atoms with E-state index in [1.807, 2.05) is 12.1 Å². The SMILES string of the molecule is O=C(O)[C@H]1CC(=O)N(c2ccccc2CCO)C1. The van der Waals surface area contributed by atoms with E-state index in [1.54, 1.807) is 12.1 Å². The smallest absolute Gasteiger partial charge is 0.308 e. The molecule has 1 aromatic rings. The van der Waals surface area contributed by atoms with Crippen LogP contribution in [0.3, 0.4) is 0 Å². The molecule has 1 aromatic carbocycles. The number of benzene rings is 1. The van der Waals surface area contributed by atoms with Gasteiger partial charge in [0.25, 0.3) is 0 Å². The largest absolute Gasteiger partial charge is 0.481 e. The van der Waals surface area contributed by atoms with Gasteiger partial charge in [0.05, 0.1) is 5.92 Å². The number of rotatable bonds is 4. The van der Waals surface area contributed by atoms with E-state index in [9.17, 15) is 9.59 Å². The molecule has 1 aliphatic rings. The number of aliphatic hydroxyl groups is 1. The summed E-state index contributed by atoms with van der Waals surface area (Å²) in [7, 11) is 0. The summed E-state index contributed by atoms with van der Waals surface area (Å²) in [5.74, 6) is -1.75. The first-order valence-corrected chi connectivity index (χ1v) is 5.85. The number of hydrogen-bond acceptors (Lipinski definition) is 3. The highest BCUT2D eigenvalue weighted by Gasteiger charge is 2.35. The average Bonchev–Trinajstić information content (AvgIpc) is 2.73. The maximum atomic E-state index is 11.8.